The number of pyridine rings is 1. The maximum atomic E-state index is 13.0. The number of nitrogens with one attached hydrogen (secondary N) is 2. The molecule has 0 aliphatic carbocycles. The molecule has 168 valence electrons. The number of nitrogens with zero attached hydrogens (tertiary/aromatic N) is 5. The highest BCUT2D eigenvalue weighted by atomic mass is 16.1. The van der Waals surface area contributed by atoms with Gasteiger partial charge in [-0.15, -0.1) is 0 Å². The molecule has 0 atom stereocenters. The number of carbonyl (C=O) groups is 1. The van der Waals surface area contributed by atoms with Crippen molar-refractivity contribution in [2.75, 3.05) is 10.6 Å². The molecule has 2 aromatic carbocycles. The highest BCUT2D eigenvalue weighted by Gasteiger charge is 2.16. The summed E-state index contributed by atoms with van der Waals surface area (Å²) in [5.41, 5.74) is 5.24. The summed E-state index contributed by atoms with van der Waals surface area (Å²) in [5, 5.41) is 11.6. The highest BCUT2D eigenvalue weighted by Crippen LogP contribution is 2.21. The van der Waals surface area contributed by atoms with Crippen molar-refractivity contribution in [2.45, 2.75) is 20.8 Å². The van der Waals surface area contributed by atoms with Crippen LogP contribution in [-0.2, 0) is 0 Å². The SMILES string of the molecule is Cc1cc(C)nc(Nc2cccc(NC(=O)c3cnn(-c4ccc5ccccc5n4)c3C)c2)n1. The third-order valence-electron chi connectivity index (χ3n) is 5.41. The van der Waals surface area contributed by atoms with E-state index < -0.39 is 0 Å². The van der Waals surface area contributed by atoms with Gasteiger partial charge in [-0.2, -0.15) is 5.10 Å². The van der Waals surface area contributed by atoms with Crippen molar-refractivity contribution < 1.29 is 4.79 Å². The molecule has 0 aliphatic rings. The lowest BCUT2D eigenvalue weighted by Gasteiger charge is -2.10. The van der Waals surface area contributed by atoms with Crippen molar-refractivity contribution in [2.24, 2.45) is 0 Å². The lowest BCUT2D eigenvalue weighted by atomic mass is 10.2. The van der Waals surface area contributed by atoms with Crippen LogP contribution in [-0.4, -0.2) is 30.6 Å². The first-order chi connectivity index (χ1) is 16.5. The van der Waals surface area contributed by atoms with Gasteiger partial charge in [-0.25, -0.2) is 19.6 Å². The molecule has 0 aliphatic heterocycles. The smallest absolute Gasteiger partial charge is 0.259 e. The van der Waals surface area contributed by atoms with Crippen molar-refractivity contribution in [3.63, 3.8) is 0 Å². The Bertz CT molecular complexity index is 1500. The number of fused-ring (bicyclic) bond motifs is 1. The molecule has 5 rings (SSSR count). The molecule has 3 aromatic heterocycles. The molecule has 8 heteroatoms. The number of anilines is 3. The number of hydrogen-bond donors (Lipinski definition) is 2. The van der Waals surface area contributed by atoms with Gasteiger partial charge in [0.15, 0.2) is 5.82 Å². The van der Waals surface area contributed by atoms with E-state index in [0.717, 1.165) is 28.0 Å². The van der Waals surface area contributed by atoms with Crippen LogP contribution in [0.3, 0.4) is 0 Å². The first kappa shape index (κ1) is 21.3. The lowest BCUT2D eigenvalue weighted by molar-refractivity contribution is 0.102. The number of amides is 1. The fourth-order valence-corrected chi connectivity index (χ4v) is 3.82. The fourth-order valence-electron chi connectivity index (χ4n) is 3.82. The molecule has 34 heavy (non-hydrogen) atoms. The Hall–Kier alpha value is -4.59. The number of hydrogen-bond acceptors (Lipinski definition) is 6. The van der Waals surface area contributed by atoms with Gasteiger partial charge < -0.3 is 10.6 Å². The molecule has 0 unspecified atom stereocenters. The largest absolute Gasteiger partial charge is 0.324 e. The van der Waals surface area contributed by atoms with Gasteiger partial charge in [-0.3, -0.25) is 4.79 Å². The first-order valence-corrected chi connectivity index (χ1v) is 10.9. The van der Waals surface area contributed by atoms with E-state index in [1.165, 1.54) is 0 Å². The second kappa shape index (κ2) is 8.74. The molecule has 0 fully saturated rings. The van der Waals surface area contributed by atoms with Gasteiger partial charge in [0.05, 0.1) is 23.0 Å². The number of rotatable bonds is 5. The highest BCUT2D eigenvalue weighted by molar-refractivity contribution is 6.05. The summed E-state index contributed by atoms with van der Waals surface area (Å²) in [6.07, 6.45) is 1.56. The third kappa shape index (κ3) is 4.33. The van der Waals surface area contributed by atoms with Gasteiger partial charge in [0.1, 0.15) is 0 Å². The minimum atomic E-state index is -0.246. The van der Waals surface area contributed by atoms with E-state index in [2.05, 4.69) is 30.7 Å². The number of aryl methyl sites for hydroxylation is 2. The number of carbonyl (C=O) groups excluding carboxylic acids is 1. The Labute approximate surface area is 196 Å². The predicted octanol–water partition coefficient (Wildman–Crippen LogP) is 5.13. The van der Waals surface area contributed by atoms with E-state index >= 15 is 0 Å². The summed E-state index contributed by atoms with van der Waals surface area (Å²) < 4.78 is 1.68. The molecule has 0 saturated carbocycles. The van der Waals surface area contributed by atoms with E-state index in [1.54, 1.807) is 10.9 Å². The zero-order chi connectivity index (χ0) is 23.7. The second-order valence-electron chi connectivity index (χ2n) is 8.05. The second-order valence-corrected chi connectivity index (χ2v) is 8.05. The minimum absolute atomic E-state index is 0.246. The van der Waals surface area contributed by atoms with Gasteiger partial charge in [0, 0.05) is 28.1 Å². The Morgan fingerprint density at radius 3 is 2.41 bits per heavy atom. The molecule has 0 radical (unpaired) electrons. The maximum Gasteiger partial charge on any atom is 0.259 e. The average molecular weight is 450 g/mol. The Morgan fingerprint density at radius 2 is 1.59 bits per heavy atom. The Balaban J connectivity index is 1.35. The van der Waals surface area contributed by atoms with Crippen molar-refractivity contribution in [1.29, 1.82) is 0 Å². The first-order valence-electron chi connectivity index (χ1n) is 10.9. The van der Waals surface area contributed by atoms with E-state index in [1.807, 2.05) is 87.5 Å². The van der Waals surface area contributed by atoms with Crippen LogP contribution in [0.2, 0.25) is 0 Å². The molecule has 8 nitrogen and oxygen atoms in total. The van der Waals surface area contributed by atoms with Crippen LogP contribution in [0.4, 0.5) is 17.3 Å². The Kier molecular flexibility index (Phi) is 5.47. The molecular formula is C26H23N7O. The van der Waals surface area contributed by atoms with Crippen molar-refractivity contribution in [3.8, 4) is 5.82 Å². The number of benzene rings is 2. The summed E-state index contributed by atoms with van der Waals surface area (Å²) >= 11 is 0. The molecule has 0 saturated heterocycles. The van der Waals surface area contributed by atoms with Crippen molar-refractivity contribution >= 4 is 34.1 Å². The van der Waals surface area contributed by atoms with E-state index in [0.29, 0.717) is 28.7 Å². The summed E-state index contributed by atoms with van der Waals surface area (Å²) in [4.78, 5) is 26.5. The van der Waals surface area contributed by atoms with Crippen molar-refractivity contribution in [1.82, 2.24) is 24.7 Å². The topological polar surface area (TPSA) is 97.6 Å². The normalized spacial score (nSPS) is 10.9. The summed E-state index contributed by atoms with van der Waals surface area (Å²) in [7, 11) is 0. The van der Waals surface area contributed by atoms with Crippen molar-refractivity contribution in [3.05, 3.63) is 95.6 Å². The van der Waals surface area contributed by atoms with Gasteiger partial charge in [-0.05, 0) is 63.2 Å². The number of para-hydroxylation sites is 1. The van der Waals surface area contributed by atoms with Gasteiger partial charge in [0.2, 0.25) is 5.95 Å². The number of aromatic nitrogens is 5. The van der Waals surface area contributed by atoms with Gasteiger partial charge in [0.25, 0.3) is 5.91 Å². The zero-order valence-corrected chi connectivity index (χ0v) is 19.1. The summed E-state index contributed by atoms with van der Waals surface area (Å²) in [6.45, 7) is 5.70. The van der Waals surface area contributed by atoms with E-state index in [9.17, 15) is 4.79 Å². The van der Waals surface area contributed by atoms with Gasteiger partial charge >= 0.3 is 0 Å². The lowest BCUT2D eigenvalue weighted by Crippen LogP contribution is -2.13. The standard InChI is InChI=1S/C26H23N7O/c1-16-13-17(2)29-26(28-16)31-21-9-6-8-20(14-21)30-25(34)22-15-27-33(18(22)3)24-12-11-19-7-4-5-10-23(19)32-24/h4-15H,1-3H3,(H,30,34)(H,28,29,31). The summed E-state index contributed by atoms with van der Waals surface area (Å²) in [5.74, 6) is 0.931. The molecule has 3 heterocycles. The fraction of sp³-hybridized carbons (Fsp3) is 0.115. The molecule has 0 spiro atoms. The van der Waals surface area contributed by atoms with Crippen LogP contribution >= 0.6 is 0 Å². The van der Waals surface area contributed by atoms with E-state index in [4.69, 9.17) is 0 Å². The monoisotopic (exact) mass is 449 g/mol. The zero-order valence-electron chi connectivity index (χ0n) is 19.1. The predicted molar refractivity (Wildman–Crippen MR) is 133 cm³/mol. The van der Waals surface area contributed by atoms with Gasteiger partial charge in [-0.1, -0.05) is 24.3 Å². The van der Waals surface area contributed by atoms with E-state index in [-0.39, 0.29) is 5.91 Å². The molecule has 1 amide bonds. The van der Waals surface area contributed by atoms with Crippen LogP contribution in [0.25, 0.3) is 16.7 Å². The minimum Gasteiger partial charge on any atom is -0.324 e. The molecule has 2 N–H and O–H groups in total. The Morgan fingerprint density at radius 1 is 0.824 bits per heavy atom. The molecule has 0 bridgehead atoms. The summed E-state index contributed by atoms with van der Waals surface area (Å²) in [6, 6.07) is 21.1. The van der Waals surface area contributed by atoms with Crippen LogP contribution < -0.4 is 10.6 Å². The third-order valence-corrected chi connectivity index (χ3v) is 5.41. The molecular weight excluding hydrogens is 426 g/mol. The molecule has 5 aromatic rings. The quantitative estimate of drug-likeness (QED) is 0.386. The van der Waals surface area contributed by atoms with Crippen LogP contribution in [0.1, 0.15) is 27.4 Å². The average Bonchev–Trinajstić information content (AvgIpc) is 3.19. The van der Waals surface area contributed by atoms with Crippen LogP contribution in [0.5, 0.6) is 0 Å². The van der Waals surface area contributed by atoms with Crippen LogP contribution in [0, 0.1) is 20.8 Å². The maximum absolute atomic E-state index is 13.0. The van der Waals surface area contributed by atoms with Crippen LogP contribution in [0.15, 0.2) is 72.9 Å².